The van der Waals surface area contributed by atoms with Gasteiger partial charge in [-0.3, -0.25) is 9.59 Å². The second kappa shape index (κ2) is 15.3. The zero-order chi connectivity index (χ0) is 15.8. The SMILES string of the molecule is CCCCCCCCCCCCCNC(=O)CCC(N)=O. The largest absolute Gasteiger partial charge is 0.370 e. The Hall–Kier alpha value is -1.06. The minimum atomic E-state index is -0.417. The number of carbonyl (C=O) groups is 2. The first kappa shape index (κ1) is 19.9. The molecule has 3 N–H and O–H groups in total. The molecular formula is C17H34N2O2. The third-order valence-electron chi connectivity index (χ3n) is 3.70. The molecule has 4 heteroatoms. The normalized spacial score (nSPS) is 10.5. The second-order valence-corrected chi connectivity index (χ2v) is 5.85. The van der Waals surface area contributed by atoms with Gasteiger partial charge < -0.3 is 11.1 Å². The van der Waals surface area contributed by atoms with Gasteiger partial charge in [-0.25, -0.2) is 0 Å². The van der Waals surface area contributed by atoms with Gasteiger partial charge in [0, 0.05) is 19.4 Å². The second-order valence-electron chi connectivity index (χ2n) is 5.85. The van der Waals surface area contributed by atoms with Crippen molar-refractivity contribution in [1.82, 2.24) is 5.32 Å². The highest BCUT2D eigenvalue weighted by Crippen LogP contribution is 2.10. The molecule has 124 valence electrons. The van der Waals surface area contributed by atoms with Gasteiger partial charge in [0.15, 0.2) is 0 Å². The maximum Gasteiger partial charge on any atom is 0.220 e. The smallest absolute Gasteiger partial charge is 0.220 e. The van der Waals surface area contributed by atoms with Crippen LogP contribution in [-0.4, -0.2) is 18.4 Å². The van der Waals surface area contributed by atoms with Crippen LogP contribution in [0.15, 0.2) is 0 Å². The summed E-state index contributed by atoms with van der Waals surface area (Å²) < 4.78 is 0. The standard InChI is InChI=1S/C17H34N2O2/c1-2-3-4-5-6-7-8-9-10-11-12-15-19-17(21)14-13-16(18)20/h2-15H2,1H3,(H2,18,20)(H,19,21). The van der Waals surface area contributed by atoms with Gasteiger partial charge in [-0.2, -0.15) is 0 Å². The van der Waals surface area contributed by atoms with Gasteiger partial charge in [0.25, 0.3) is 0 Å². The monoisotopic (exact) mass is 298 g/mol. The molecule has 0 radical (unpaired) electrons. The molecule has 0 fully saturated rings. The highest BCUT2D eigenvalue weighted by Gasteiger charge is 2.02. The molecule has 0 saturated heterocycles. The molecule has 0 aromatic carbocycles. The number of carbonyl (C=O) groups excluding carboxylic acids is 2. The van der Waals surface area contributed by atoms with Crippen molar-refractivity contribution in [3.05, 3.63) is 0 Å². The molecule has 0 aliphatic rings. The summed E-state index contributed by atoms with van der Waals surface area (Å²) in [5.41, 5.74) is 4.99. The molecular weight excluding hydrogens is 264 g/mol. The summed E-state index contributed by atoms with van der Waals surface area (Å²) in [5, 5.41) is 2.82. The zero-order valence-electron chi connectivity index (χ0n) is 13.8. The number of primary amides is 1. The summed E-state index contributed by atoms with van der Waals surface area (Å²) in [6.07, 6.45) is 14.7. The van der Waals surface area contributed by atoms with E-state index in [-0.39, 0.29) is 18.7 Å². The fourth-order valence-electron chi connectivity index (χ4n) is 2.34. The number of nitrogens with two attached hydrogens (primary N) is 1. The van der Waals surface area contributed by atoms with Crippen molar-refractivity contribution in [3.8, 4) is 0 Å². The van der Waals surface area contributed by atoms with Gasteiger partial charge in [-0.15, -0.1) is 0 Å². The lowest BCUT2D eigenvalue weighted by Crippen LogP contribution is -2.25. The van der Waals surface area contributed by atoms with Gasteiger partial charge >= 0.3 is 0 Å². The lowest BCUT2D eigenvalue weighted by molar-refractivity contribution is -0.125. The Kier molecular flexibility index (Phi) is 14.6. The van der Waals surface area contributed by atoms with E-state index in [0.717, 1.165) is 6.42 Å². The molecule has 0 rings (SSSR count). The first-order chi connectivity index (χ1) is 10.2. The van der Waals surface area contributed by atoms with E-state index in [9.17, 15) is 9.59 Å². The summed E-state index contributed by atoms with van der Waals surface area (Å²) in [7, 11) is 0. The number of hydrogen-bond donors (Lipinski definition) is 2. The maximum absolute atomic E-state index is 11.3. The van der Waals surface area contributed by atoms with E-state index in [1.165, 1.54) is 64.2 Å². The summed E-state index contributed by atoms with van der Waals surface area (Å²) in [5.74, 6) is -0.485. The topological polar surface area (TPSA) is 72.2 Å². The first-order valence-electron chi connectivity index (χ1n) is 8.71. The van der Waals surface area contributed by atoms with Crippen LogP contribution in [0.2, 0.25) is 0 Å². The van der Waals surface area contributed by atoms with Gasteiger partial charge in [0.2, 0.25) is 11.8 Å². The minimum Gasteiger partial charge on any atom is -0.370 e. The molecule has 0 aliphatic carbocycles. The van der Waals surface area contributed by atoms with Crippen LogP contribution in [0.5, 0.6) is 0 Å². The molecule has 0 aromatic rings. The van der Waals surface area contributed by atoms with E-state index in [1.807, 2.05) is 0 Å². The molecule has 0 saturated carbocycles. The third kappa shape index (κ3) is 16.9. The Morgan fingerprint density at radius 3 is 1.71 bits per heavy atom. The van der Waals surface area contributed by atoms with Crippen molar-refractivity contribution in [1.29, 1.82) is 0 Å². The summed E-state index contributed by atoms with van der Waals surface area (Å²) in [6, 6.07) is 0. The summed E-state index contributed by atoms with van der Waals surface area (Å²) in [6.45, 7) is 2.97. The van der Waals surface area contributed by atoms with E-state index in [0.29, 0.717) is 6.54 Å². The van der Waals surface area contributed by atoms with Gasteiger partial charge in [0.05, 0.1) is 0 Å². The molecule has 2 amide bonds. The Balaban J connectivity index is 3.12. The van der Waals surface area contributed by atoms with Crippen LogP contribution < -0.4 is 11.1 Å². The van der Waals surface area contributed by atoms with Crippen LogP contribution in [0, 0.1) is 0 Å². The molecule has 21 heavy (non-hydrogen) atoms. The molecule has 0 unspecified atom stereocenters. The van der Waals surface area contributed by atoms with Crippen molar-refractivity contribution in [2.45, 2.75) is 90.4 Å². The maximum atomic E-state index is 11.3. The average Bonchev–Trinajstić information content (AvgIpc) is 2.46. The molecule has 0 atom stereocenters. The van der Waals surface area contributed by atoms with Crippen LogP contribution in [-0.2, 0) is 9.59 Å². The number of amides is 2. The molecule has 0 heterocycles. The van der Waals surface area contributed by atoms with Crippen molar-refractivity contribution in [2.24, 2.45) is 5.73 Å². The Bertz CT molecular complexity index is 268. The highest BCUT2D eigenvalue weighted by molar-refractivity contribution is 5.82. The third-order valence-corrected chi connectivity index (χ3v) is 3.70. The van der Waals surface area contributed by atoms with Gasteiger partial charge in [0.1, 0.15) is 0 Å². The molecule has 4 nitrogen and oxygen atoms in total. The fourth-order valence-corrected chi connectivity index (χ4v) is 2.34. The number of hydrogen-bond acceptors (Lipinski definition) is 2. The van der Waals surface area contributed by atoms with Gasteiger partial charge in [-0.05, 0) is 6.42 Å². The van der Waals surface area contributed by atoms with Crippen LogP contribution >= 0.6 is 0 Å². The number of nitrogens with one attached hydrogen (secondary N) is 1. The molecule has 0 aromatic heterocycles. The van der Waals surface area contributed by atoms with Crippen LogP contribution in [0.1, 0.15) is 90.4 Å². The lowest BCUT2D eigenvalue weighted by atomic mass is 10.1. The van der Waals surface area contributed by atoms with Gasteiger partial charge in [-0.1, -0.05) is 71.1 Å². The number of unbranched alkanes of at least 4 members (excludes halogenated alkanes) is 10. The Morgan fingerprint density at radius 2 is 1.24 bits per heavy atom. The summed E-state index contributed by atoms with van der Waals surface area (Å²) >= 11 is 0. The van der Waals surface area contributed by atoms with Crippen molar-refractivity contribution < 1.29 is 9.59 Å². The fraction of sp³-hybridized carbons (Fsp3) is 0.882. The van der Waals surface area contributed by atoms with E-state index in [1.54, 1.807) is 0 Å². The van der Waals surface area contributed by atoms with E-state index < -0.39 is 5.91 Å². The Morgan fingerprint density at radius 1 is 0.762 bits per heavy atom. The average molecular weight is 298 g/mol. The van der Waals surface area contributed by atoms with Crippen LogP contribution in [0.25, 0.3) is 0 Å². The van der Waals surface area contributed by atoms with Crippen molar-refractivity contribution in [3.63, 3.8) is 0 Å². The lowest BCUT2D eigenvalue weighted by Gasteiger charge is -2.05. The van der Waals surface area contributed by atoms with Crippen LogP contribution in [0.3, 0.4) is 0 Å². The van der Waals surface area contributed by atoms with E-state index in [2.05, 4.69) is 12.2 Å². The van der Waals surface area contributed by atoms with E-state index in [4.69, 9.17) is 5.73 Å². The van der Waals surface area contributed by atoms with Crippen LogP contribution in [0.4, 0.5) is 0 Å². The predicted molar refractivity (Wildman–Crippen MR) is 87.9 cm³/mol. The van der Waals surface area contributed by atoms with Crippen molar-refractivity contribution >= 4 is 11.8 Å². The summed E-state index contributed by atoms with van der Waals surface area (Å²) in [4.78, 5) is 21.8. The first-order valence-corrected chi connectivity index (χ1v) is 8.71. The highest BCUT2D eigenvalue weighted by atomic mass is 16.2. The zero-order valence-corrected chi connectivity index (χ0v) is 13.8. The quantitative estimate of drug-likeness (QED) is 0.453. The molecule has 0 bridgehead atoms. The molecule has 0 aliphatic heterocycles. The predicted octanol–water partition coefficient (Wildman–Crippen LogP) is 3.68. The van der Waals surface area contributed by atoms with E-state index >= 15 is 0 Å². The minimum absolute atomic E-state index is 0.0686. The number of rotatable bonds is 15. The Labute approximate surface area is 130 Å². The van der Waals surface area contributed by atoms with Crippen molar-refractivity contribution in [2.75, 3.05) is 6.54 Å². The molecule has 0 spiro atoms.